The second kappa shape index (κ2) is 10.6. The fourth-order valence-electron chi connectivity index (χ4n) is 3.35. The quantitative estimate of drug-likeness (QED) is 0.491. The molecule has 0 fully saturated rings. The van der Waals surface area contributed by atoms with Gasteiger partial charge in [-0.3, -0.25) is 14.2 Å². The highest BCUT2D eigenvalue weighted by molar-refractivity contribution is 6.31. The molecule has 0 aliphatic heterocycles. The van der Waals surface area contributed by atoms with Gasteiger partial charge in [0.1, 0.15) is 29.0 Å². The maximum absolute atomic E-state index is 13.9. The van der Waals surface area contributed by atoms with E-state index in [1.54, 1.807) is 45.2 Å². The van der Waals surface area contributed by atoms with E-state index in [-0.39, 0.29) is 28.8 Å². The molecule has 0 bridgehead atoms. The van der Waals surface area contributed by atoms with Crippen molar-refractivity contribution in [1.82, 2.24) is 9.88 Å². The molecule has 0 saturated carbocycles. The Labute approximate surface area is 194 Å². The molecule has 0 saturated heterocycles. The molecule has 1 amide bonds. The first-order valence-electron chi connectivity index (χ1n) is 10.1. The van der Waals surface area contributed by atoms with Gasteiger partial charge < -0.3 is 14.8 Å². The van der Waals surface area contributed by atoms with Gasteiger partial charge in [0.25, 0.3) is 11.5 Å². The Bertz CT molecular complexity index is 1240. The minimum atomic E-state index is -0.757. The predicted molar refractivity (Wildman–Crippen MR) is 121 cm³/mol. The van der Waals surface area contributed by atoms with E-state index < -0.39 is 17.2 Å². The van der Waals surface area contributed by atoms with Crippen molar-refractivity contribution in [1.29, 1.82) is 0 Å². The van der Waals surface area contributed by atoms with Gasteiger partial charge in [-0.15, -0.1) is 0 Å². The van der Waals surface area contributed by atoms with Crippen LogP contribution in [0.5, 0.6) is 5.75 Å². The van der Waals surface area contributed by atoms with Gasteiger partial charge in [-0.05, 0) is 43.7 Å². The van der Waals surface area contributed by atoms with E-state index in [0.717, 1.165) is 12.1 Å². The number of benzene rings is 2. The smallest absolute Gasteiger partial charge is 0.277 e. The molecule has 1 aromatic heterocycles. The Morgan fingerprint density at radius 1 is 1.15 bits per heavy atom. The van der Waals surface area contributed by atoms with Crippen LogP contribution in [0, 0.1) is 25.5 Å². The van der Waals surface area contributed by atoms with E-state index >= 15 is 0 Å². The topological polar surface area (TPSA) is 69.6 Å². The Morgan fingerprint density at radius 2 is 1.91 bits per heavy atom. The number of aryl methyl sites for hydroxylation is 1. The van der Waals surface area contributed by atoms with E-state index in [0.29, 0.717) is 35.7 Å². The third-order valence-corrected chi connectivity index (χ3v) is 5.43. The van der Waals surface area contributed by atoms with Crippen LogP contribution in [0.3, 0.4) is 0 Å². The van der Waals surface area contributed by atoms with Gasteiger partial charge in [0.2, 0.25) is 0 Å². The standard InChI is InChI=1S/C24H23ClF2N2O4/c1-14-11-21(33-13-16-7-8-17(26)12-19(16)27)22(25)24(31)29(14)20-6-4-5-18(15(20)2)23(30)28-9-10-32-3/h4-8,11-12H,9-10,13H2,1-3H3,(H,28,30). The highest BCUT2D eigenvalue weighted by Gasteiger charge is 2.18. The number of rotatable bonds is 8. The van der Waals surface area contributed by atoms with Crippen LogP contribution in [0.1, 0.15) is 27.2 Å². The molecule has 1 heterocycles. The molecule has 9 heteroatoms. The van der Waals surface area contributed by atoms with Crippen molar-refractivity contribution in [3.8, 4) is 11.4 Å². The molecule has 1 N–H and O–H groups in total. The number of hydrogen-bond donors (Lipinski definition) is 1. The number of ether oxygens (including phenoxy) is 2. The molecule has 0 aliphatic carbocycles. The zero-order valence-electron chi connectivity index (χ0n) is 18.4. The van der Waals surface area contributed by atoms with Crippen molar-refractivity contribution in [2.45, 2.75) is 20.5 Å². The summed E-state index contributed by atoms with van der Waals surface area (Å²) in [5.74, 6) is -1.67. The van der Waals surface area contributed by atoms with Gasteiger partial charge in [-0.1, -0.05) is 17.7 Å². The van der Waals surface area contributed by atoms with E-state index in [4.69, 9.17) is 21.1 Å². The molecule has 0 aliphatic rings. The number of hydrogen-bond acceptors (Lipinski definition) is 4. The lowest BCUT2D eigenvalue weighted by atomic mass is 10.1. The molecule has 2 aromatic carbocycles. The van der Waals surface area contributed by atoms with Crippen LogP contribution >= 0.6 is 11.6 Å². The molecule has 0 spiro atoms. The van der Waals surface area contributed by atoms with Gasteiger partial charge in [-0.2, -0.15) is 0 Å². The molecule has 6 nitrogen and oxygen atoms in total. The van der Waals surface area contributed by atoms with Gasteiger partial charge in [0.05, 0.1) is 12.3 Å². The molecule has 0 atom stereocenters. The van der Waals surface area contributed by atoms with Crippen molar-refractivity contribution >= 4 is 17.5 Å². The molecule has 0 unspecified atom stereocenters. The lowest BCUT2D eigenvalue weighted by Gasteiger charge is -2.18. The molecule has 3 aromatic rings. The summed E-state index contributed by atoms with van der Waals surface area (Å²) in [6.45, 7) is 3.92. The molecular formula is C24H23ClF2N2O4. The summed E-state index contributed by atoms with van der Waals surface area (Å²) in [4.78, 5) is 25.6. The normalized spacial score (nSPS) is 10.8. The highest BCUT2D eigenvalue weighted by atomic mass is 35.5. The Hall–Kier alpha value is -3.23. The van der Waals surface area contributed by atoms with Gasteiger partial charge in [0.15, 0.2) is 0 Å². The van der Waals surface area contributed by atoms with Crippen molar-refractivity contribution in [2.75, 3.05) is 20.3 Å². The summed E-state index contributed by atoms with van der Waals surface area (Å²) in [7, 11) is 1.54. The third kappa shape index (κ3) is 5.40. The number of halogens is 3. The first-order chi connectivity index (χ1) is 15.7. The number of methoxy groups -OCH3 is 1. The molecule has 0 radical (unpaired) electrons. The average Bonchev–Trinajstić information content (AvgIpc) is 2.77. The Balaban J connectivity index is 1.92. The van der Waals surface area contributed by atoms with E-state index in [2.05, 4.69) is 5.32 Å². The SMILES string of the molecule is COCCNC(=O)c1cccc(-n2c(C)cc(OCc3ccc(F)cc3F)c(Cl)c2=O)c1C. The molecule has 33 heavy (non-hydrogen) atoms. The van der Waals surface area contributed by atoms with Crippen molar-refractivity contribution in [3.63, 3.8) is 0 Å². The lowest BCUT2D eigenvalue weighted by molar-refractivity contribution is 0.0936. The zero-order valence-corrected chi connectivity index (χ0v) is 19.1. The van der Waals surface area contributed by atoms with Crippen LogP contribution in [-0.4, -0.2) is 30.7 Å². The number of amides is 1. The fourth-order valence-corrected chi connectivity index (χ4v) is 3.55. The maximum atomic E-state index is 13.9. The lowest BCUT2D eigenvalue weighted by Crippen LogP contribution is -2.28. The van der Waals surface area contributed by atoms with Crippen LogP contribution in [-0.2, 0) is 11.3 Å². The first-order valence-corrected chi connectivity index (χ1v) is 10.5. The van der Waals surface area contributed by atoms with Crippen LogP contribution < -0.4 is 15.6 Å². The van der Waals surface area contributed by atoms with Gasteiger partial charge >= 0.3 is 0 Å². The molecule has 3 rings (SSSR count). The first kappa shape index (κ1) is 24.4. The number of pyridine rings is 1. The summed E-state index contributed by atoms with van der Waals surface area (Å²) >= 11 is 6.29. The summed E-state index contributed by atoms with van der Waals surface area (Å²) in [5, 5.41) is 2.56. The van der Waals surface area contributed by atoms with E-state index in [9.17, 15) is 18.4 Å². The summed E-state index contributed by atoms with van der Waals surface area (Å²) in [6, 6.07) is 9.74. The van der Waals surface area contributed by atoms with E-state index in [1.165, 1.54) is 10.6 Å². The number of nitrogens with zero attached hydrogens (tertiary/aromatic N) is 1. The largest absolute Gasteiger partial charge is 0.487 e. The minimum Gasteiger partial charge on any atom is -0.487 e. The number of carbonyl (C=O) groups excluding carboxylic acids is 1. The van der Waals surface area contributed by atoms with Crippen molar-refractivity contribution in [3.05, 3.63) is 91.9 Å². The monoisotopic (exact) mass is 476 g/mol. The second-order valence-electron chi connectivity index (χ2n) is 7.33. The zero-order chi connectivity index (χ0) is 24.1. The molecule has 174 valence electrons. The Morgan fingerprint density at radius 3 is 2.61 bits per heavy atom. The summed E-state index contributed by atoms with van der Waals surface area (Å²) < 4.78 is 38.9. The van der Waals surface area contributed by atoms with Crippen LogP contribution in [0.2, 0.25) is 5.02 Å². The Kier molecular flexibility index (Phi) is 7.84. The predicted octanol–water partition coefficient (Wildman–Crippen LogP) is 4.34. The van der Waals surface area contributed by atoms with Crippen LogP contribution in [0.4, 0.5) is 8.78 Å². The molecular weight excluding hydrogens is 454 g/mol. The number of carbonyl (C=O) groups is 1. The van der Waals surface area contributed by atoms with Gasteiger partial charge in [-0.25, -0.2) is 8.78 Å². The van der Waals surface area contributed by atoms with Crippen molar-refractivity contribution in [2.24, 2.45) is 0 Å². The van der Waals surface area contributed by atoms with E-state index in [1.807, 2.05) is 0 Å². The average molecular weight is 477 g/mol. The summed E-state index contributed by atoms with van der Waals surface area (Å²) in [5.41, 5.74) is 1.58. The minimum absolute atomic E-state index is 0.0743. The number of aromatic nitrogens is 1. The van der Waals surface area contributed by atoms with Gasteiger partial charge in [0, 0.05) is 42.6 Å². The second-order valence-corrected chi connectivity index (χ2v) is 7.71. The highest BCUT2D eigenvalue weighted by Crippen LogP contribution is 2.26. The maximum Gasteiger partial charge on any atom is 0.277 e. The van der Waals surface area contributed by atoms with Crippen molar-refractivity contribution < 1.29 is 23.0 Å². The fraction of sp³-hybridized carbons (Fsp3) is 0.250. The van der Waals surface area contributed by atoms with Crippen LogP contribution in [0.15, 0.2) is 47.3 Å². The van der Waals surface area contributed by atoms with Crippen LogP contribution in [0.25, 0.3) is 5.69 Å². The number of nitrogens with one attached hydrogen (secondary N) is 1. The third-order valence-electron chi connectivity index (χ3n) is 5.08. The summed E-state index contributed by atoms with van der Waals surface area (Å²) in [6.07, 6.45) is 0.